The number of likely N-dealkylation sites (N-methyl/N-ethyl adjacent to an activating group) is 2. The lowest BCUT2D eigenvalue weighted by Crippen LogP contribution is -2.59. The monoisotopic (exact) mass is 210 g/mol. The molecule has 0 bridgehead atoms. The Morgan fingerprint density at radius 2 is 2.13 bits per heavy atom. The van der Waals surface area contributed by atoms with Crippen LogP contribution >= 0.6 is 0 Å². The fraction of sp³-hybridized carbons (Fsp3) is 0.667. The van der Waals surface area contributed by atoms with Gasteiger partial charge in [0.05, 0.1) is 0 Å². The molecule has 82 valence electrons. The van der Waals surface area contributed by atoms with Crippen LogP contribution in [0.3, 0.4) is 0 Å². The summed E-state index contributed by atoms with van der Waals surface area (Å²) in [5.74, 6) is 0.697. The minimum absolute atomic E-state index is 0.00472. The summed E-state index contributed by atoms with van der Waals surface area (Å²) in [6.45, 7) is 2.41. The summed E-state index contributed by atoms with van der Waals surface area (Å²) in [6.07, 6.45) is 0. The molecule has 6 heteroatoms. The quantitative estimate of drug-likeness (QED) is 0.545. The van der Waals surface area contributed by atoms with E-state index in [1.165, 1.54) is 11.8 Å². The van der Waals surface area contributed by atoms with E-state index in [1.54, 1.807) is 23.9 Å². The summed E-state index contributed by atoms with van der Waals surface area (Å²) >= 11 is 0. The summed E-state index contributed by atoms with van der Waals surface area (Å²) < 4.78 is 0. The summed E-state index contributed by atoms with van der Waals surface area (Å²) in [6, 6.07) is -0.148. The Hall–Kier alpha value is -1.59. The van der Waals surface area contributed by atoms with E-state index < -0.39 is 0 Å². The third-order valence-electron chi connectivity index (χ3n) is 2.87. The molecule has 0 saturated carbocycles. The Bertz CT molecular complexity index is 352. The van der Waals surface area contributed by atoms with E-state index >= 15 is 0 Å². The van der Waals surface area contributed by atoms with E-state index in [4.69, 9.17) is 0 Å². The fourth-order valence-corrected chi connectivity index (χ4v) is 2.01. The predicted molar refractivity (Wildman–Crippen MR) is 54.4 cm³/mol. The van der Waals surface area contributed by atoms with Crippen molar-refractivity contribution < 1.29 is 9.59 Å². The van der Waals surface area contributed by atoms with Crippen LogP contribution in [-0.4, -0.2) is 65.8 Å². The Morgan fingerprint density at radius 3 is 2.73 bits per heavy atom. The highest BCUT2D eigenvalue weighted by atomic mass is 16.2. The zero-order chi connectivity index (χ0) is 11.2. The smallest absolute Gasteiger partial charge is 0.325 e. The van der Waals surface area contributed by atoms with Crippen LogP contribution in [-0.2, 0) is 4.79 Å². The number of hydrogen-bond acceptors (Lipinski definition) is 3. The first kappa shape index (κ1) is 9.95. The van der Waals surface area contributed by atoms with E-state index in [-0.39, 0.29) is 18.0 Å². The Kier molecular flexibility index (Phi) is 2.13. The number of amidine groups is 1. The summed E-state index contributed by atoms with van der Waals surface area (Å²) in [5, 5.41) is 0. The van der Waals surface area contributed by atoms with Crippen molar-refractivity contribution in [2.24, 2.45) is 4.99 Å². The average molecular weight is 210 g/mol. The van der Waals surface area contributed by atoms with Crippen LogP contribution in [0, 0.1) is 0 Å². The zero-order valence-electron chi connectivity index (χ0n) is 9.10. The van der Waals surface area contributed by atoms with E-state index in [0.29, 0.717) is 19.0 Å². The molecule has 1 saturated heterocycles. The topological polar surface area (TPSA) is 56.2 Å². The lowest BCUT2D eigenvalue weighted by molar-refractivity contribution is -0.129. The van der Waals surface area contributed by atoms with E-state index in [9.17, 15) is 9.59 Å². The van der Waals surface area contributed by atoms with Gasteiger partial charge in [-0.25, -0.2) is 9.79 Å². The van der Waals surface area contributed by atoms with Crippen molar-refractivity contribution in [1.82, 2.24) is 14.7 Å². The summed E-state index contributed by atoms with van der Waals surface area (Å²) in [5.41, 5.74) is 0. The first-order chi connectivity index (χ1) is 7.02. The molecular weight excluding hydrogens is 196 g/mol. The molecule has 0 aromatic carbocycles. The zero-order valence-corrected chi connectivity index (χ0v) is 9.10. The van der Waals surface area contributed by atoms with Crippen molar-refractivity contribution in [3.05, 3.63) is 0 Å². The van der Waals surface area contributed by atoms with Crippen molar-refractivity contribution in [2.45, 2.75) is 13.0 Å². The molecule has 0 aromatic rings. The highest BCUT2D eigenvalue weighted by molar-refractivity contribution is 6.04. The number of nitrogens with zero attached hydrogens (tertiary/aromatic N) is 4. The number of amides is 3. The summed E-state index contributed by atoms with van der Waals surface area (Å²) in [4.78, 5) is 32.0. The number of carbonyl (C=O) groups excluding carboxylic acids is 2. The van der Waals surface area contributed by atoms with Crippen LogP contribution in [0.1, 0.15) is 6.92 Å². The van der Waals surface area contributed by atoms with Crippen molar-refractivity contribution in [3.8, 4) is 0 Å². The average Bonchev–Trinajstić information content (AvgIpc) is 2.58. The molecule has 0 aliphatic carbocycles. The molecule has 2 heterocycles. The van der Waals surface area contributed by atoms with Crippen molar-refractivity contribution in [2.75, 3.05) is 27.3 Å². The molecule has 1 fully saturated rings. The maximum atomic E-state index is 11.6. The number of carbonyl (C=O) groups is 2. The van der Waals surface area contributed by atoms with Gasteiger partial charge in [0.25, 0.3) is 0 Å². The number of hydrogen-bond donors (Lipinski definition) is 0. The first-order valence-electron chi connectivity index (χ1n) is 4.82. The van der Waals surface area contributed by atoms with Gasteiger partial charge in [-0.1, -0.05) is 0 Å². The van der Waals surface area contributed by atoms with Crippen LogP contribution < -0.4 is 0 Å². The highest BCUT2D eigenvalue weighted by Gasteiger charge is 2.40. The molecule has 0 radical (unpaired) electrons. The molecule has 2 aliphatic rings. The molecule has 15 heavy (non-hydrogen) atoms. The maximum Gasteiger partial charge on any atom is 0.325 e. The number of urea groups is 1. The second-order valence-electron chi connectivity index (χ2n) is 3.88. The molecule has 3 amide bonds. The fourth-order valence-electron chi connectivity index (χ4n) is 2.01. The lowest BCUT2D eigenvalue weighted by atomic mass is 10.2. The second-order valence-corrected chi connectivity index (χ2v) is 3.88. The predicted octanol–water partition coefficient (Wildman–Crippen LogP) is -0.430. The molecule has 2 rings (SSSR count). The van der Waals surface area contributed by atoms with Gasteiger partial charge in [0.1, 0.15) is 18.5 Å². The van der Waals surface area contributed by atoms with Crippen LogP contribution in [0.15, 0.2) is 4.99 Å². The van der Waals surface area contributed by atoms with Gasteiger partial charge < -0.3 is 9.80 Å². The molecule has 0 aromatic heterocycles. The largest absolute Gasteiger partial charge is 0.325 e. The third kappa shape index (κ3) is 1.36. The van der Waals surface area contributed by atoms with Gasteiger partial charge in [-0.15, -0.1) is 0 Å². The lowest BCUT2D eigenvalue weighted by Gasteiger charge is -2.37. The number of rotatable bonds is 0. The second kappa shape index (κ2) is 3.22. The standard InChI is InChI=1S/C9H14N4O2/c1-6(14)13-5-10-8-7(13)4-11(2)9(15)12(8)3/h7H,4-5H2,1-3H3. The minimum atomic E-state index is -0.0739. The Morgan fingerprint density at radius 1 is 1.47 bits per heavy atom. The van der Waals surface area contributed by atoms with E-state index in [0.717, 1.165) is 0 Å². The van der Waals surface area contributed by atoms with Gasteiger partial charge in [-0.2, -0.15) is 0 Å². The van der Waals surface area contributed by atoms with Gasteiger partial charge >= 0.3 is 6.03 Å². The molecule has 0 N–H and O–H groups in total. The number of aliphatic imine (C=N–C) groups is 1. The molecule has 2 aliphatic heterocycles. The Labute approximate surface area is 88.1 Å². The van der Waals surface area contributed by atoms with Crippen LogP contribution in [0.25, 0.3) is 0 Å². The van der Waals surface area contributed by atoms with Crippen LogP contribution in [0.5, 0.6) is 0 Å². The molecule has 0 spiro atoms. The van der Waals surface area contributed by atoms with Crippen molar-refractivity contribution in [1.29, 1.82) is 0 Å². The number of fused-ring (bicyclic) bond motifs is 1. The van der Waals surface area contributed by atoms with E-state index in [1.807, 2.05) is 0 Å². The van der Waals surface area contributed by atoms with Crippen molar-refractivity contribution in [3.63, 3.8) is 0 Å². The molecule has 1 atom stereocenters. The molecular formula is C9H14N4O2. The first-order valence-corrected chi connectivity index (χ1v) is 4.82. The van der Waals surface area contributed by atoms with Crippen LogP contribution in [0.4, 0.5) is 4.79 Å². The van der Waals surface area contributed by atoms with Gasteiger partial charge in [0, 0.05) is 27.6 Å². The van der Waals surface area contributed by atoms with Gasteiger partial charge in [0.2, 0.25) is 5.91 Å². The minimum Gasteiger partial charge on any atom is -0.325 e. The molecule has 6 nitrogen and oxygen atoms in total. The maximum absolute atomic E-state index is 11.6. The third-order valence-corrected chi connectivity index (χ3v) is 2.87. The normalized spacial score (nSPS) is 25.5. The highest BCUT2D eigenvalue weighted by Crippen LogP contribution is 2.19. The molecule has 1 unspecified atom stereocenters. The SMILES string of the molecule is CC(=O)N1CN=C2C1CN(C)C(=O)N2C. The van der Waals surface area contributed by atoms with Gasteiger partial charge in [0.15, 0.2) is 0 Å². The van der Waals surface area contributed by atoms with Gasteiger partial charge in [-0.05, 0) is 0 Å². The Balaban J connectivity index is 2.25. The summed E-state index contributed by atoms with van der Waals surface area (Å²) in [7, 11) is 3.42. The van der Waals surface area contributed by atoms with Crippen molar-refractivity contribution >= 4 is 17.8 Å². The van der Waals surface area contributed by atoms with E-state index in [2.05, 4.69) is 4.99 Å². The van der Waals surface area contributed by atoms with Crippen LogP contribution in [0.2, 0.25) is 0 Å². The van der Waals surface area contributed by atoms with Gasteiger partial charge in [-0.3, -0.25) is 9.69 Å².